The summed E-state index contributed by atoms with van der Waals surface area (Å²) in [7, 11) is -1.38. The molecular weight excluding hydrogens is 196 g/mol. The Hall–Kier alpha value is -0.323. The van der Waals surface area contributed by atoms with E-state index in [1.807, 2.05) is 6.08 Å². The van der Waals surface area contributed by atoms with Gasteiger partial charge in [0, 0.05) is 6.42 Å². The van der Waals surface area contributed by atoms with E-state index in [4.69, 9.17) is 13.9 Å². The first-order valence-electron chi connectivity index (χ1n) is 5.14. The van der Waals surface area contributed by atoms with Gasteiger partial charge in [-0.25, -0.2) is 0 Å². The minimum absolute atomic E-state index is 0.0646. The smallest absolute Gasteiger partial charge is 0.199 e. The topological polar surface area (TPSA) is 27.7 Å². The van der Waals surface area contributed by atoms with Crippen molar-refractivity contribution in [3.8, 4) is 0 Å². The van der Waals surface area contributed by atoms with E-state index in [0.717, 1.165) is 12.8 Å². The molecule has 0 spiro atoms. The van der Waals surface area contributed by atoms with E-state index < -0.39 is 8.32 Å². The maximum Gasteiger partial charge on any atom is 0.199 e. The molecule has 0 fully saturated rings. The zero-order valence-corrected chi connectivity index (χ0v) is 10.3. The SMILES string of the molecule is C[Si](C)(C)OCCOC1CCC=CO1. The highest BCUT2D eigenvalue weighted by atomic mass is 28.4. The molecule has 1 rings (SSSR count). The van der Waals surface area contributed by atoms with E-state index in [1.165, 1.54) is 0 Å². The van der Waals surface area contributed by atoms with Crippen LogP contribution >= 0.6 is 0 Å². The molecule has 82 valence electrons. The Kier molecular flexibility index (Phi) is 4.64. The molecule has 0 aromatic rings. The second-order valence-corrected chi connectivity index (χ2v) is 8.86. The normalized spacial score (nSPS) is 22.1. The molecule has 1 unspecified atom stereocenters. The lowest BCUT2D eigenvalue weighted by molar-refractivity contribution is -0.120. The average molecular weight is 216 g/mol. The number of hydrogen-bond donors (Lipinski definition) is 0. The molecule has 0 N–H and O–H groups in total. The van der Waals surface area contributed by atoms with E-state index in [9.17, 15) is 0 Å². The maximum atomic E-state index is 5.66. The Balaban J connectivity index is 2.01. The zero-order chi connectivity index (χ0) is 10.4. The first-order valence-corrected chi connectivity index (χ1v) is 8.55. The van der Waals surface area contributed by atoms with Crippen LogP contribution in [0.3, 0.4) is 0 Å². The quantitative estimate of drug-likeness (QED) is 0.522. The second-order valence-electron chi connectivity index (χ2n) is 4.35. The monoisotopic (exact) mass is 216 g/mol. The summed E-state index contributed by atoms with van der Waals surface area (Å²) in [5, 5.41) is 0. The van der Waals surface area contributed by atoms with Gasteiger partial charge in [-0.05, 0) is 32.1 Å². The Morgan fingerprint density at radius 1 is 1.36 bits per heavy atom. The predicted octanol–water partition coefficient (Wildman–Crippen LogP) is 2.50. The van der Waals surface area contributed by atoms with Crippen molar-refractivity contribution in [2.75, 3.05) is 13.2 Å². The summed E-state index contributed by atoms with van der Waals surface area (Å²) in [5.41, 5.74) is 0. The summed E-state index contributed by atoms with van der Waals surface area (Å²) in [6, 6.07) is 0. The third-order valence-corrected chi connectivity index (χ3v) is 2.89. The molecule has 0 saturated carbocycles. The van der Waals surface area contributed by atoms with Gasteiger partial charge < -0.3 is 13.9 Å². The van der Waals surface area contributed by atoms with Crippen LogP contribution < -0.4 is 0 Å². The van der Waals surface area contributed by atoms with Gasteiger partial charge in [0.25, 0.3) is 0 Å². The molecule has 14 heavy (non-hydrogen) atoms. The molecule has 1 heterocycles. The fourth-order valence-corrected chi connectivity index (χ4v) is 1.86. The van der Waals surface area contributed by atoms with E-state index in [-0.39, 0.29) is 6.29 Å². The summed E-state index contributed by atoms with van der Waals surface area (Å²) >= 11 is 0. The van der Waals surface area contributed by atoms with Crippen LogP contribution in [0.2, 0.25) is 19.6 Å². The van der Waals surface area contributed by atoms with Crippen LogP contribution in [0.25, 0.3) is 0 Å². The van der Waals surface area contributed by atoms with Crippen LogP contribution in [0.1, 0.15) is 12.8 Å². The molecule has 0 bridgehead atoms. The summed E-state index contributed by atoms with van der Waals surface area (Å²) < 4.78 is 16.4. The lowest BCUT2D eigenvalue weighted by Gasteiger charge is -2.21. The molecule has 3 nitrogen and oxygen atoms in total. The lowest BCUT2D eigenvalue weighted by atomic mass is 10.3. The Bertz CT molecular complexity index is 186. The summed E-state index contributed by atoms with van der Waals surface area (Å²) in [6.45, 7) is 7.83. The van der Waals surface area contributed by atoms with Gasteiger partial charge in [-0.1, -0.05) is 0 Å². The average Bonchev–Trinajstić information content (AvgIpc) is 2.13. The molecule has 0 radical (unpaired) electrons. The van der Waals surface area contributed by atoms with Crippen molar-refractivity contribution in [1.29, 1.82) is 0 Å². The van der Waals surface area contributed by atoms with Gasteiger partial charge in [0.2, 0.25) is 0 Å². The van der Waals surface area contributed by atoms with Crippen LogP contribution in [-0.4, -0.2) is 27.8 Å². The summed E-state index contributed by atoms with van der Waals surface area (Å²) in [5.74, 6) is 0. The number of hydrogen-bond acceptors (Lipinski definition) is 3. The van der Waals surface area contributed by atoms with Gasteiger partial charge in [-0.3, -0.25) is 0 Å². The van der Waals surface area contributed by atoms with Crippen molar-refractivity contribution in [2.45, 2.75) is 38.8 Å². The minimum Gasteiger partial charge on any atom is -0.473 e. The molecule has 0 amide bonds. The molecule has 0 aromatic carbocycles. The summed E-state index contributed by atoms with van der Waals surface area (Å²) in [4.78, 5) is 0. The molecule has 0 aliphatic carbocycles. The van der Waals surface area contributed by atoms with Crippen molar-refractivity contribution in [2.24, 2.45) is 0 Å². The van der Waals surface area contributed by atoms with Gasteiger partial charge in [-0.15, -0.1) is 0 Å². The van der Waals surface area contributed by atoms with Gasteiger partial charge in [0.1, 0.15) is 0 Å². The minimum atomic E-state index is -1.38. The Morgan fingerprint density at radius 3 is 2.71 bits per heavy atom. The fraction of sp³-hybridized carbons (Fsp3) is 0.800. The Labute approximate surface area is 87.2 Å². The van der Waals surface area contributed by atoms with Crippen molar-refractivity contribution in [3.63, 3.8) is 0 Å². The summed E-state index contributed by atoms with van der Waals surface area (Å²) in [6.07, 6.45) is 5.65. The van der Waals surface area contributed by atoms with E-state index in [2.05, 4.69) is 19.6 Å². The van der Waals surface area contributed by atoms with Gasteiger partial charge >= 0.3 is 0 Å². The predicted molar refractivity (Wildman–Crippen MR) is 58.5 cm³/mol. The molecule has 1 aliphatic rings. The van der Waals surface area contributed by atoms with Crippen LogP contribution in [0.4, 0.5) is 0 Å². The fourth-order valence-electron chi connectivity index (χ4n) is 1.16. The van der Waals surface area contributed by atoms with Gasteiger partial charge in [-0.2, -0.15) is 0 Å². The van der Waals surface area contributed by atoms with Crippen LogP contribution in [-0.2, 0) is 13.9 Å². The first-order chi connectivity index (χ1) is 6.58. The van der Waals surface area contributed by atoms with Crippen molar-refractivity contribution >= 4 is 8.32 Å². The molecular formula is C10H20O3Si. The number of allylic oxidation sites excluding steroid dienone is 1. The Morgan fingerprint density at radius 2 is 2.14 bits per heavy atom. The number of rotatable bonds is 5. The highest BCUT2D eigenvalue weighted by molar-refractivity contribution is 6.69. The highest BCUT2D eigenvalue weighted by Gasteiger charge is 2.15. The van der Waals surface area contributed by atoms with Gasteiger partial charge in [0.15, 0.2) is 14.6 Å². The van der Waals surface area contributed by atoms with Crippen LogP contribution in [0.5, 0.6) is 0 Å². The van der Waals surface area contributed by atoms with Crippen molar-refractivity contribution in [1.82, 2.24) is 0 Å². The largest absolute Gasteiger partial charge is 0.473 e. The second kappa shape index (κ2) is 5.53. The highest BCUT2D eigenvalue weighted by Crippen LogP contribution is 2.11. The van der Waals surface area contributed by atoms with Crippen molar-refractivity contribution < 1.29 is 13.9 Å². The molecule has 1 aliphatic heterocycles. The molecule has 4 heteroatoms. The number of ether oxygens (including phenoxy) is 2. The van der Waals surface area contributed by atoms with Crippen LogP contribution in [0, 0.1) is 0 Å². The molecule has 0 saturated heterocycles. The standard InChI is InChI=1S/C10H20O3Si/c1-14(2,3)13-9-8-12-10-6-4-5-7-11-10/h5,7,10H,4,6,8-9H2,1-3H3. The van der Waals surface area contributed by atoms with E-state index in [1.54, 1.807) is 6.26 Å². The third kappa shape index (κ3) is 5.42. The zero-order valence-electron chi connectivity index (χ0n) is 9.29. The first kappa shape index (κ1) is 11.7. The maximum absolute atomic E-state index is 5.66. The third-order valence-electron chi connectivity index (χ3n) is 1.82. The van der Waals surface area contributed by atoms with Crippen LogP contribution in [0.15, 0.2) is 12.3 Å². The lowest BCUT2D eigenvalue weighted by Crippen LogP contribution is -2.28. The van der Waals surface area contributed by atoms with Crippen molar-refractivity contribution in [3.05, 3.63) is 12.3 Å². The van der Waals surface area contributed by atoms with E-state index in [0.29, 0.717) is 13.2 Å². The van der Waals surface area contributed by atoms with E-state index >= 15 is 0 Å². The molecule has 1 atom stereocenters. The molecule has 0 aromatic heterocycles. The van der Waals surface area contributed by atoms with Gasteiger partial charge in [0.05, 0.1) is 19.5 Å².